The smallest absolute Gasteiger partial charge is 0.277 e. The van der Waals surface area contributed by atoms with Crippen LogP contribution in [0.25, 0.3) is 22.1 Å². The summed E-state index contributed by atoms with van der Waals surface area (Å²) in [6, 6.07) is 12.6. The number of anilines is 1. The summed E-state index contributed by atoms with van der Waals surface area (Å²) in [6.45, 7) is 1.96. The van der Waals surface area contributed by atoms with Crippen molar-refractivity contribution in [1.29, 1.82) is 0 Å². The molecule has 130 valence electrons. The van der Waals surface area contributed by atoms with E-state index in [1.165, 1.54) is 11.3 Å². The minimum Gasteiger partial charge on any atom is -0.355 e. The van der Waals surface area contributed by atoms with E-state index in [4.69, 9.17) is 9.05 Å². The van der Waals surface area contributed by atoms with Gasteiger partial charge in [-0.1, -0.05) is 23.3 Å². The van der Waals surface area contributed by atoms with Crippen molar-refractivity contribution in [2.75, 3.05) is 5.32 Å². The maximum Gasteiger partial charge on any atom is 0.277 e. The number of hydrogen-bond acceptors (Lipinski definition) is 7. The van der Waals surface area contributed by atoms with Crippen LogP contribution in [-0.2, 0) is 6.42 Å². The van der Waals surface area contributed by atoms with Gasteiger partial charge in [-0.2, -0.15) is 4.98 Å². The lowest BCUT2D eigenvalue weighted by Crippen LogP contribution is -2.11. The second kappa shape index (κ2) is 6.93. The number of nitrogens with zero attached hydrogens (tertiary/aromatic N) is 3. The first-order valence-corrected chi connectivity index (χ1v) is 8.86. The zero-order valence-electron chi connectivity index (χ0n) is 13.8. The molecule has 0 saturated carbocycles. The number of amides is 1. The van der Waals surface area contributed by atoms with Crippen molar-refractivity contribution in [1.82, 2.24) is 15.3 Å². The molecular weight excluding hydrogens is 352 g/mol. The van der Waals surface area contributed by atoms with Gasteiger partial charge in [-0.3, -0.25) is 4.79 Å². The minimum atomic E-state index is -0.338. The lowest BCUT2D eigenvalue weighted by atomic mass is 10.2. The molecule has 0 radical (unpaired) electrons. The zero-order chi connectivity index (χ0) is 17.9. The van der Waals surface area contributed by atoms with E-state index in [9.17, 15) is 4.79 Å². The Morgan fingerprint density at radius 1 is 1.15 bits per heavy atom. The Kier molecular flexibility index (Phi) is 4.32. The van der Waals surface area contributed by atoms with Crippen LogP contribution in [-0.4, -0.2) is 21.2 Å². The molecule has 0 aliphatic rings. The largest absolute Gasteiger partial charge is 0.355 e. The number of rotatable bonds is 5. The molecule has 4 rings (SSSR count). The maximum absolute atomic E-state index is 12.3. The molecule has 4 aromatic rings. The van der Waals surface area contributed by atoms with Crippen LogP contribution in [0, 0.1) is 0 Å². The number of aryl methyl sites for hydroxylation is 1. The zero-order valence-corrected chi connectivity index (χ0v) is 14.6. The van der Waals surface area contributed by atoms with Crippen LogP contribution in [0.5, 0.6) is 0 Å². The second-order valence-corrected chi connectivity index (χ2v) is 6.40. The van der Waals surface area contributed by atoms with Gasteiger partial charge in [-0.15, -0.1) is 11.3 Å². The molecule has 1 N–H and O–H groups in total. The predicted molar refractivity (Wildman–Crippen MR) is 96.9 cm³/mol. The quantitative estimate of drug-likeness (QED) is 0.567. The van der Waals surface area contributed by atoms with E-state index in [0.29, 0.717) is 29.6 Å². The van der Waals surface area contributed by atoms with E-state index in [-0.39, 0.29) is 11.6 Å². The standard InChI is InChI=1S/C18H14N4O3S/c1-2-16-20-18(25-22-16)11-5-7-12(8-6-11)19-17(23)13-10-14(24-21-13)15-4-3-9-26-15/h3-10H,2H2,1H3,(H,19,23). The van der Waals surface area contributed by atoms with E-state index in [0.717, 1.165) is 10.4 Å². The first-order chi connectivity index (χ1) is 12.7. The summed E-state index contributed by atoms with van der Waals surface area (Å²) < 4.78 is 10.4. The molecule has 1 amide bonds. The van der Waals surface area contributed by atoms with Gasteiger partial charge in [0.25, 0.3) is 11.8 Å². The number of aromatic nitrogens is 3. The topological polar surface area (TPSA) is 94.1 Å². The van der Waals surface area contributed by atoms with E-state index >= 15 is 0 Å². The molecule has 26 heavy (non-hydrogen) atoms. The van der Waals surface area contributed by atoms with Gasteiger partial charge >= 0.3 is 0 Å². The van der Waals surface area contributed by atoms with Gasteiger partial charge in [0.15, 0.2) is 17.3 Å². The number of benzene rings is 1. The summed E-state index contributed by atoms with van der Waals surface area (Å²) in [4.78, 5) is 17.5. The Morgan fingerprint density at radius 2 is 2.00 bits per heavy atom. The van der Waals surface area contributed by atoms with E-state index in [1.807, 2.05) is 36.6 Å². The minimum absolute atomic E-state index is 0.224. The molecule has 0 atom stereocenters. The molecule has 0 aliphatic carbocycles. The summed E-state index contributed by atoms with van der Waals surface area (Å²) >= 11 is 1.52. The normalized spacial score (nSPS) is 10.8. The molecule has 0 saturated heterocycles. The average molecular weight is 366 g/mol. The highest BCUT2D eigenvalue weighted by molar-refractivity contribution is 7.13. The first kappa shape index (κ1) is 16.2. The summed E-state index contributed by atoms with van der Waals surface area (Å²) in [5.74, 6) is 1.35. The monoisotopic (exact) mass is 366 g/mol. The number of nitrogens with one attached hydrogen (secondary N) is 1. The Balaban J connectivity index is 1.46. The predicted octanol–water partition coefficient (Wildman–Crippen LogP) is 4.27. The summed E-state index contributed by atoms with van der Waals surface area (Å²) in [5, 5.41) is 12.4. The van der Waals surface area contributed by atoms with Gasteiger partial charge < -0.3 is 14.4 Å². The average Bonchev–Trinajstić information content (AvgIpc) is 3.42. The van der Waals surface area contributed by atoms with Crippen molar-refractivity contribution in [2.24, 2.45) is 0 Å². The molecule has 3 heterocycles. The molecule has 3 aromatic heterocycles. The van der Waals surface area contributed by atoms with Crippen LogP contribution in [0.3, 0.4) is 0 Å². The number of carbonyl (C=O) groups excluding carboxylic acids is 1. The molecule has 1 aromatic carbocycles. The fourth-order valence-electron chi connectivity index (χ4n) is 2.32. The summed E-state index contributed by atoms with van der Waals surface area (Å²) in [6.07, 6.45) is 0.711. The number of carbonyl (C=O) groups is 1. The van der Waals surface area contributed by atoms with Crippen molar-refractivity contribution < 1.29 is 13.8 Å². The number of hydrogen-bond donors (Lipinski definition) is 1. The van der Waals surface area contributed by atoms with Crippen molar-refractivity contribution in [2.45, 2.75) is 13.3 Å². The molecule has 0 fully saturated rings. The highest BCUT2D eigenvalue weighted by Gasteiger charge is 2.15. The summed E-state index contributed by atoms with van der Waals surface area (Å²) in [5.41, 5.74) is 1.65. The molecule has 7 nitrogen and oxygen atoms in total. The van der Waals surface area contributed by atoms with Crippen molar-refractivity contribution in [3.8, 4) is 22.1 Å². The molecule has 0 aliphatic heterocycles. The summed E-state index contributed by atoms with van der Waals surface area (Å²) in [7, 11) is 0. The lowest BCUT2D eigenvalue weighted by molar-refractivity contribution is 0.101. The molecule has 0 spiro atoms. The van der Waals surface area contributed by atoms with Crippen LogP contribution in [0.15, 0.2) is 56.9 Å². The first-order valence-electron chi connectivity index (χ1n) is 7.98. The van der Waals surface area contributed by atoms with Crippen molar-refractivity contribution >= 4 is 22.9 Å². The maximum atomic E-state index is 12.3. The highest BCUT2D eigenvalue weighted by atomic mass is 32.1. The Bertz CT molecular complexity index is 1020. The molecule has 0 unspecified atom stereocenters. The van der Waals surface area contributed by atoms with Gasteiger partial charge in [0.05, 0.1) is 4.88 Å². The van der Waals surface area contributed by atoms with Crippen LogP contribution in [0.4, 0.5) is 5.69 Å². The van der Waals surface area contributed by atoms with Gasteiger partial charge in [0.2, 0.25) is 0 Å². The fraction of sp³-hybridized carbons (Fsp3) is 0.111. The third kappa shape index (κ3) is 3.27. The highest BCUT2D eigenvalue weighted by Crippen LogP contribution is 2.25. The Hall–Kier alpha value is -3.26. The Labute approximate surface area is 152 Å². The van der Waals surface area contributed by atoms with E-state index in [2.05, 4.69) is 20.6 Å². The Morgan fingerprint density at radius 3 is 2.69 bits per heavy atom. The van der Waals surface area contributed by atoms with E-state index in [1.54, 1.807) is 18.2 Å². The second-order valence-electron chi connectivity index (χ2n) is 5.45. The third-order valence-corrected chi connectivity index (χ3v) is 4.57. The van der Waals surface area contributed by atoms with Gasteiger partial charge in [-0.05, 0) is 35.7 Å². The number of thiophene rings is 1. The van der Waals surface area contributed by atoms with Crippen LogP contribution < -0.4 is 5.32 Å². The lowest BCUT2D eigenvalue weighted by Gasteiger charge is -2.03. The molecule has 8 heteroatoms. The van der Waals surface area contributed by atoms with Crippen LogP contribution in [0.2, 0.25) is 0 Å². The fourth-order valence-corrected chi connectivity index (χ4v) is 3.00. The van der Waals surface area contributed by atoms with Crippen LogP contribution >= 0.6 is 11.3 Å². The van der Waals surface area contributed by atoms with Gasteiger partial charge in [0.1, 0.15) is 0 Å². The van der Waals surface area contributed by atoms with Crippen molar-refractivity contribution in [3.05, 3.63) is 59.4 Å². The van der Waals surface area contributed by atoms with Crippen LogP contribution in [0.1, 0.15) is 23.2 Å². The van der Waals surface area contributed by atoms with Crippen molar-refractivity contribution in [3.63, 3.8) is 0 Å². The third-order valence-electron chi connectivity index (χ3n) is 3.68. The van der Waals surface area contributed by atoms with E-state index < -0.39 is 0 Å². The van der Waals surface area contributed by atoms with Gasteiger partial charge in [0, 0.05) is 23.7 Å². The molecular formula is C18H14N4O3S. The molecule has 0 bridgehead atoms. The van der Waals surface area contributed by atoms with Gasteiger partial charge in [-0.25, -0.2) is 0 Å². The SMILES string of the molecule is CCc1noc(-c2ccc(NC(=O)c3cc(-c4cccs4)on3)cc2)n1.